The number of amides is 1. The van der Waals surface area contributed by atoms with Gasteiger partial charge in [0.2, 0.25) is 11.8 Å². The molecule has 2 heterocycles. The third-order valence-corrected chi connectivity index (χ3v) is 4.90. The van der Waals surface area contributed by atoms with Crippen molar-refractivity contribution < 1.29 is 23.0 Å². The molecule has 0 spiro atoms. The molecule has 1 N–H and O–H groups in total. The molecule has 1 unspecified atom stereocenters. The summed E-state index contributed by atoms with van der Waals surface area (Å²) in [4.78, 5) is 15.5. The molecular formula is C22H17ClF2N2O3. The number of rotatable bonds is 5. The van der Waals surface area contributed by atoms with Gasteiger partial charge in [-0.05, 0) is 60.4 Å². The van der Waals surface area contributed by atoms with Crippen LogP contribution in [0.1, 0.15) is 23.7 Å². The van der Waals surface area contributed by atoms with Crippen molar-refractivity contribution in [2.45, 2.75) is 18.9 Å². The van der Waals surface area contributed by atoms with Crippen molar-refractivity contribution in [2.24, 2.45) is 0 Å². The lowest BCUT2D eigenvalue weighted by Crippen LogP contribution is -2.15. The molecule has 1 aliphatic rings. The van der Waals surface area contributed by atoms with Crippen LogP contribution >= 0.6 is 11.6 Å². The molecule has 1 aliphatic heterocycles. The summed E-state index contributed by atoms with van der Waals surface area (Å²) in [6.07, 6.45) is 2.48. The van der Waals surface area contributed by atoms with E-state index in [0.717, 1.165) is 11.6 Å². The number of pyridine rings is 1. The Morgan fingerprint density at radius 2 is 2.03 bits per heavy atom. The molecule has 0 bridgehead atoms. The summed E-state index contributed by atoms with van der Waals surface area (Å²) in [6, 6.07) is 12.5. The average molecular weight is 431 g/mol. The predicted octanol–water partition coefficient (Wildman–Crippen LogP) is 5.40. The number of alkyl halides is 1. The smallest absolute Gasteiger partial charge is 0.239 e. The molecule has 8 heteroatoms. The van der Waals surface area contributed by atoms with Gasteiger partial charge in [-0.25, -0.2) is 13.8 Å². The molecule has 5 nitrogen and oxygen atoms in total. The number of hydrogen-bond donors (Lipinski definition) is 1. The highest BCUT2D eigenvalue weighted by Crippen LogP contribution is 2.37. The zero-order valence-corrected chi connectivity index (χ0v) is 16.5. The second-order valence-corrected chi connectivity index (χ2v) is 7.02. The van der Waals surface area contributed by atoms with Gasteiger partial charge in [0.05, 0.1) is 11.9 Å². The number of aryl methyl sites for hydroxylation is 1. The minimum Gasteiger partial charge on any atom is -0.485 e. The Bertz CT molecular complexity index is 1080. The molecule has 154 valence electrons. The fourth-order valence-electron chi connectivity index (χ4n) is 3.21. The first-order chi connectivity index (χ1) is 14.5. The van der Waals surface area contributed by atoms with E-state index >= 15 is 0 Å². The zero-order chi connectivity index (χ0) is 21.1. The molecule has 3 aromatic rings. The average Bonchev–Trinajstić information content (AvgIpc) is 2.76. The monoisotopic (exact) mass is 430 g/mol. The molecule has 0 radical (unpaired) electrons. The van der Waals surface area contributed by atoms with Crippen LogP contribution in [0.3, 0.4) is 0 Å². The standard InChI is InChI=1S/C22H17ClF2N2O3/c23-11-21(28)27-15-3-8-22(26-12-15)29-16-4-7-20-13(9-16)2-6-19(30-20)14-1-5-17(24)18(25)10-14/h1,3-5,7-10,12,19H,2,6,11H2,(H,27,28). The maximum Gasteiger partial charge on any atom is 0.239 e. The molecule has 0 fully saturated rings. The van der Waals surface area contributed by atoms with E-state index in [-0.39, 0.29) is 17.9 Å². The Morgan fingerprint density at radius 3 is 2.77 bits per heavy atom. The van der Waals surface area contributed by atoms with E-state index in [9.17, 15) is 13.6 Å². The van der Waals surface area contributed by atoms with E-state index in [4.69, 9.17) is 21.1 Å². The second kappa shape index (κ2) is 8.67. The Kier molecular flexibility index (Phi) is 5.81. The van der Waals surface area contributed by atoms with Crippen LogP contribution in [0.15, 0.2) is 54.7 Å². The van der Waals surface area contributed by atoms with Gasteiger partial charge >= 0.3 is 0 Å². The SMILES string of the molecule is O=C(CCl)Nc1ccc(Oc2ccc3c(c2)CCC(c2ccc(F)c(F)c2)O3)nc1. The summed E-state index contributed by atoms with van der Waals surface area (Å²) >= 11 is 5.46. The van der Waals surface area contributed by atoms with Gasteiger partial charge < -0.3 is 14.8 Å². The van der Waals surface area contributed by atoms with E-state index < -0.39 is 11.6 Å². The van der Waals surface area contributed by atoms with Crippen LogP contribution in [0.25, 0.3) is 0 Å². The van der Waals surface area contributed by atoms with Gasteiger partial charge in [-0.3, -0.25) is 4.79 Å². The van der Waals surface area contributed by atoms with E-state index in [1.165, 1.54) is 18.3 Å². The van der Waals surface area contributed by atoms with Crippen molar-refractivity contribution in [3.8, 4) is 17.4 Å². The quantitative estimate of drug-likeness (QED) is 0.551. The van der Waals surface area contributed by atoms with Crippen molar-refractivity contribution in [3.05, 3.63) is 77.5 Å². The van der Waals surface area contributed by atoms with Gasteiger partial charge in [0.1, 0.15) is 23.5 Å². The number of halogens is 3. The minimum atomic E-state index is -0.883. The topological polar surface area (TPSA) is 60.5 Å². The van der Waals surface area contributed by atoms with Crippen molar-refractivity contribution in [1.29, 1.82) is 0 Å². The maximum atomic E-state index is 13.5. The third-order valence-electron chi connectivity index (χ3n) is 4.66. The van der Waals surface area contributed by atoms with Gasteiger partial charge in [-0.15, -0.1) is 11.6 Å². The number of nitrogens with zero attached hydrogens (tertiary/aromatic N) is 1. The van der Waals surface area contributed by atoms with Crippen molar-refractivity contribution >= 4 is 23.2 Å². The van der Waals surface area contributed by atoms with Crippen LogP contribution < -0.4 is 14.8 Å². The van der Waals surface area contributed by atoms with E-state index in [1.54, 1.807) is 24.3 Å². The Labute approximate surface area is 176 Å². The summed E-state index contributed by atoms with van der Waals surface area (Å²) in [5, 5.41) is 2.60. The number of anilines is 1. The van der Waals surface area contributed by atoms with Crippen molar-refractivity contribution in [1.82, 2.24) is 4.98 Å². The Hall–Kier alpha value is -3.19. The summed E-state index contributed by atoms with van der Waals surface area (Å²) in [5.74, 6) is -0.569. The highest BCUT2D eigenvalue weighted by Gasteiger charge is 2.23. The predicted molar refractivity (Wildman–Crippen MR) is 108 cm³/mol. The Balaban J connectivity index is 1.44. The van der Waals surface area contributed by atoms with Crippen LogP contribution in [0.5, 0.6) is 17.4 Å². The lowest BCUT2D eigenvalue weighted by atomic mass is 9.97. The highest BCUT2D eigenvalue weighted by atomic mass is 35.5. The van der Waals surface area contributed by atoms with Gasteiger partial charge in [0.15, 0.2) is 11.6 Å². The molecule has 4 rings (SSSR count). The normalized spacial score (nSPS) is 15.1. The molecule has 1 aromatic heterocycles. The summed E-state index contributed by atoms with van der Waals surface area (Å²) in [5.41, 5.74) is 2.08. The fraction of sp³-hybridized carbons (Fsp3) is 0.182. The molecule has 0 saturated heterocycles. The lowest BCUT2D eigenvalue weighted by molar-refractivity contribution is -0.113. The summed E-state index contributed by atoms with van der Waals surface area (Å²) in [6.45, 7) is 0. The van der Waals surface area contributed by atoms with Crippen LogP contribution in [-0.4, -0.2) is 16.8 Å². The number of benzene rings is 2. The van der Waals surface area contributed by atoms with Gasteiger partial charge in [-0.1, -0.05) is 6.07 Å². The number of aromatic nitrogens is 1. The molecule has 1 atom stereocenters. The first-order valence-corrected chi connectivity index (χ1v) is 9.79. The molecule has 2 aromatic carbocycles. The largest absolute Gasteiger partial charge is 0.485 e. The van der Waals surface area contributed by atoms with Gasteiger partial charge in [0, 0.05) is 6.07 Å². The van der Waals surface area contributed by atoms with E-state index in [2.05, 4.69) is 10.3 Å². The number of hydrogen-bond acceptors (Lipinski definition) is 4. The van der Waals surface area contributed by atoms with Crippen molar-refractivity contribution in [2.75, 3.05) is 11.2 Å². The first kappa shape index (κ1) is 20.1. The Morgan fingerprint density at radius 1 is 1.17 bits per heavy atom. The summed E-state index contributed by atoms with van der Waals surface area (Å²) in [7, 11) is 0. The number of fused-ring (bicyclic) bond motifs is 1. The fourth-order valence-corrected chi connectivity index (χ4v) is 3.27. The minimum absolute atomic E-state index is 0.133. The number of carbonyl (C=O) groups is 1. The second-order valence-electron chi connectivity index (χ2n) is 6.76. The molecular weight excluding hydrogens is 414 g/mol. The van der Waals surface area contributed by atoms with Crippen LogP contribution in [0.4, 0.5) is 14.5 Å². The van der Waals surface area contributed by atoms with Gasteiger partial charge in [-0.2, -0.15) is 0 Å². The maximum absolute atomic E-state index is 13.5. The molecule has 0 saturated carbocycles. The van der Waals surface area contributed by atoms with E-state index in [0.29, 0.717) is 41.5 Å². The van der Waals surface area contributed by atoms with Crippen LogP contribution in [0, 0.1) is 11.6 Å². The van der Waals surface area contributed by atoms with Crippen molar-refractivity contribution in [3.63, 3.8) is 0 Å². The highest BCUT2D eigenvalue weighted by molar-refractivity contribution is 6.29. The molecule has 30 heavy (non-hydrogen) atoms. The van der Waals surface area contributed by atoms with Crippen LogP contribution in [0.2, 0.25) is 0 Å². The number of carbonyl (C=O) groups excluding carboxylic acids is 1. The zero-order valence-electron chi connectivity index (χ0n) is 15.7. The first-order valence-electron chi connectivity index (χ1n) is 9.26. The molecule has 0 aliphatic carbocycles. The van der Waals surface area contributed by atoms with Crippen LogP contribution in [-0.2, 0) is 11.2 Å². The number of ether oxygens (including phenoxy) is 2. The van der Waals surface area contributed by atoms with Gasteiger partial charge in [0.25, 0.3) is 0 Å². The summed E-state index contributed by atoms with van der Waals surface area (Å²) < 4.78 is 38.4. The third kappa shape index (κ3) is 4.52. The lowest BCUT2D eigenvalue weighted by Gasteiger charge is -2.26. The van der Waals surface area contributed by atoms with E-state index in [1.807, 2.05) is 6.07 Å². The molecule has 1 amide bonds. The number of nitrogens with one attached hydrogen (secondary N) is 1.